The van der Waals surface area contributed by atoms with Crippen molar-refractivity contribution in [3.63, 3.8) is 0 Å². The predicted molar refractivity (Wildman–Crippen MR) is 117 cm³/mol. The number of ether oxygens (including phenoxy) is 1. The smallest absolute Gasteiger partial charge is 0.320 e. The normalized spacial score (nSPS) is 11.9. The van der Waals surface area contributed by atoms with E-state index in [1.807, 2.05) is 18.7 Å². The molecule has 0 aliphatic carbocycles. The van der Waals surface area contributed by atoms with Crippen molar-refractivity contribution in [2.45, 2.75) is 33.2 Å². The summed E-state index contributed by atoms with van der Waals surface area (Å²) in [5, 5.41) is 15.2. The molecule has 2 rings (SSSR count). The number of carbonyl (C=O) groups excluding carboxylic acids is 2. The van der Waals surface area contributed by atoms with Gasteiger partial charge in [0.15, 0.2) is 0 Å². The molecule has 11 heteroatoms. The molecule has 0 saturated heterocycles. The lowest BCUT2D eigenvalue weighted by Crippen LogP contribution is -2.41. The number of rotatable bonds is 12. The van der Waals surface area contributed by atoms with Crippen LogP contribution in [0.15, 0.2) is 24.3 Å². The third-order valence-corrected chi connectivity index (χ3v) is 5.37. The second kappa shape index (κ2) is 12.2. The van der Waals surface area contributed by atoms with E-state index in [4.69, 9.17) is 10.5 Å². The summed E-state index contributed by atoms with van der Waals surface area (Å²) < 4.78 is 22.7. The quantitative estimate of drug-likeness (QED) is 0.390. The summed E-state index contributed by atoms with van der Waals surface area (Å²) in [6, 6.07) is 6.21. The van der Waals surface area contributed by atoms with Crippen LogP contribution in [-0.2, 0) is 13.3 Å². The number of aromatic nitrogens is 1. The van der Waals surface area contributed by atoms with Gasteiger partial charge in [-0.05, 0) is 35.7 Å². The van der Waals surface area contributed by atoms with Gasteiger partial charge in [0.2, 0.25) is 5.88 Å². The average Bonchev–Trinajstić information content (AvgIpc) is 3.17. The second-order valence-corrected chi connectivity index (χ2v) is 7.50. The van der Waals surface area contributed by atoms with E-state index in [-0.39, 0.29) is 29.6 Å². The zero-order valence-electron chi connectivity index (χ0n) is 17.6. The first-order valence-corrected chi connectivity index (χ1v) is 10.7. The van der Waals surface area contributed by atoms with Crippen LogP contribution in [0, 0.1) is 0 Å². The number of primary amides is 1. The summed E-state index contributed by atoms with van der Waals surface area (Å²) in [5.74, 6) is -0.859. The lowest BCUT2D eigenvalue weighted by atomic mass is 10.1. The lowest BCUT2D eigenvalue weighted by Gasteiger charge is -2.22. The van der Waals surface area contributed by atoms with Crippen molar-refractivity contribution in [1.29, 1.82) is 0 Å². The molecular formula is C20H28FN5O4S. The molecule has 1 heterocycles. The molecule has 170 valence electrons. The van der Waals surface area contributed by atoms with Crippen molar-refractivity contribution in [2.24, 2.45) is 5.73 Å². The minimum atomic E-state index is -0.820. The number of nitrogens with one attached hydrogen (secondary N) is 2. The fourth-order valence-electron chi connectivity index (χ4n) is 2.85. The van der Waals surface area contributed by atoms with E-state index in [9.17, 15) is 19.1 Å². The molecule has 1 aromatic heterocycles. The summed E-state index contributed by atoms with van der Waals surface area (Å²) >= 11 is 0.837. The summed E-state index contributed by atoms with van der Waals surface area (Å²) in [6.45, 7) is 5.37. The first-order chi connectivity index (χ1) is 14.9. The maximum absolute atomic E-state index is 13.1. The number of anilines is 1. The fourth-order valence-corrected chi connectivity index (χ4v) is 3.59. The van der Waals surface area contributed by atoms with E-state index in [0.717, 1.165) is 24.6 Å². The second-order valence-electron chi connectivity index (χ2n) is 6.72. The van der Waals surface area contributed by atoms with E-state index < -0.39 is 24.7 Å². The molecular weight excluding hydrogens is 425 g/mol. The number of aliphatic hydroxyl groups excluding tert-OH is 1. The molecule has 31 heavy (non-hydrogen) atoms. The SMILES string of the molecule is CCN(CC)CC(O)CNC(=O)Nc1snc(OCc2ccccc2CF)c1C(N)=O. The highest BCUT2D eigenvalue weighted by atomic mass is 32.1. The number of carbonyl (C=O) groups is 2. The van der Waals surface area contributed by atoms with Gasteiger partial charge in [-0.3, -0.25) is 10.1 Å². The van der Waals surface area contributed by atoms with Gasteiger partial charge < -0.3 is 25.8 Å². The molecule has 1 aromatic carbocycles. The number of hydrogen-bond donors (Lipinski definition) is 4. The van der Waals surface area contributed by atoms with Gasteiger partial charge in [-0.2, -0.15) is 4.37 Å². The Morgan fingerprint density at radius 3 is 2.58 bits per heavy atom. The zero-order chi connectivity index (χ0) is 22.8. The molecule has 0 radical (unpaired) electrons. The van der Waals surface area contributed by atoms with Crippen LogP contribution in [0.1, 0.15) is 35.3 Å². The van der Waals surface area contributed by atoms with Crippen molar-refractivity contribution >= 4 is 28.5 Å². The Morgan fingerprint density at radius 2 is 1.97 bits per heavy atom. The average molecular weight is 454 g/mol. The number of aliphatic hydroxyl groups is 1. The standard InChI is InChI=1S/C20H28FN5O4S/c1-3-26(4-2)11-15(27)10-23-20(29)24-19-16(17(22)28)18(25-31-19)30-12-14-8-6-5-7-13(14)9-21/h5-8,15,27H,3-4,9-12H2,1-2H3,(H2,22,28)(H2,23,24,29). The first kappa shape index (κ1) is 24.5. The molecule has 1 atom stereocenters. The van der Waals surface area contributed by atoms with Crippen LogP contribution >= 0.6 is 11.5 Å². The van der Waals surface area contributed by atoms with Crippen molar-refractivity contribution < 1.29 is 23.8 Å². The number of halogens is 1. The number of benzene rings is 1. The topological polar surface area (TPSA) is 130 Å². The van der Waals surface area contributed by atoms with E-state index in [1.54, 1.807) is 24.3 Å². The Balaban J connectivity index is 1.98. The van der Waals surface area contributed by atoms with Gasteiger partial charge in [-0.15, -0.1) is 0 Å². The summed E-state index contributed by atoms with van der Waals surface area (Å²) in [5.41, 5.74) is 6.46. The highest BCUT2D eigenvalue weighted by Gasteiger charge is 2.22. The number of urea groups is 1. The number of alkyl halides is 1. The number of nitrogens with zero attached hydrogens (tertiary/aromatic N) is 2. The maximum atomic E-state index is 13.1. The predicted octanol–water partition coefficient (Wildman–Crippen LogP) is 2.11. The minimum absolute atomic E-state index is 0.00665. The largest absolute Gasteiger partial charge is 0.472 e. The highest BCUT2D eigenvalue weighted by molar-refractivity contribution is 7.11. The molecule has 0 fully saturated rings. The summed E-state index contributed by atoms with van der Waals surface area (Å²) in [6.07, 6.45) is -0.739. The number of nitrogens with two attached hydrogens (primary N) is 1. The number of hydrogen-bond acceptors (Lipinski definition) is 7. The third kappa shape index (κ3) is 7.16. The van der Waals surface area contributed by atoms with Gasteiger partial charge in [0.25, 0.3) is 5.91 Å². The molecule has 0 spiro atoms. The molecule has 5 N–H and O–H groups in total. The van der Waals surface area contributed by atoms with Crippen molar-refractivity contribution in [3.05, 3.63) is 41.0 Å². The number of likely N-dealkylation sites (N-methyl/N-ethyl adjacent to an activating group) is 1. The van der Waals surface area contributed by atoms with Crippen LogP contribution in [0.2, 0.25) is 0 Å². The van der Waals surface area contributed by atoms with Crippen LogP contribution in [0.25, 0.3) is 0 Å². The van der Waals surface area contributed by atoms with Gasteiger partial charge >= 0.3 is 6.03 Å². The summed E-state index contributed by atoms with van der Waals surface area (Å²) in [7, 11) is 0. The number of amides is 3. The van der Waals surface area contributed by atoms with Crippen LogP contribution < -0.4 is 21.1 Å². The van der Waals surface area contributed by atoms with E-state index >= 15 is 0 Å². The first-order valence-electron chi connectivity index (χ1n) is 9.89. The Labute approximate surface area is 184 Å². The van der Waals surface area contributed by atoms with E-state index in [0.29, 0.717) is 17.7 Å². The van der Waals surface area contributed by atoms with Gasteiger partial charge in [0.1, 0.15) is 23.8 Å². The Kier molecular flexibility index (Phi) is 9.63. The molecule has 0 bridgehead atoms. The molecule has 9 nitrogen and oxygen atoms in total. The van der Waals surface area contributed by atoms with Crippen molar-refractivity contribution in [1.82, 2.24) is 14.6 Å². The molecule has 2 aromatic rings. The molecule has 0 aliphatic heterocycles. The Bertz CT molecular complexity index is 875. The maximum Gasteiger partial charge on any atom is 0.320 e. The molecule has 3 amide bonds. The highest BCUT2D eigenvalue weighted by Crippen LogP contribution is 2.31. The lowest BCUT2D eigenvalue weighted by molar-refractivity contribution is 0.0996. The summed E-state index contributed by atoms with van der Waals surface area (Å²) in [4.78, 5) is 26.1. The van der Waals surface area contributed by atoms with Gasteiger partial charge in [-0.1, -0.05) is 38.1 Å². The zero-order valence-corrected chi connectivity index (χ0v) is 18.4. The van der Waals surface area contributed by atoms with Crippen LogP contribution in [-0.4, -0.2) is 58.6 Å². The van der Waals surface area contributed by atoms with E-state index in [2.05, 4.69) is 15.0 Å². The molecule has 1 unspecified atom stereocenters. The fraction of sp³-hybridized carbons (Fsp3) is 0.450. The van der Waals surface area contributed by atoms with Gasteiger partial charge in [0.05, 0.1) is 6.10 Å². The molecule has 0 saturated carbocycles. The Morgan fingerprint density at radius 1 is 1.29 bits per heavy atom. The minimum Gasteiger partial charge on any atom is -0.472 e. The molecule has 0 aliphatic rings. The van der Waals surface area contributed by atoms with Crippen molar-refractivity contribution in [3.8, 4) is 5.88 Å². The monoisotopic (exact) mass is 453 g/mol. The van der Waals surface area contributed by atoms with Gasteiger partial charge in [0, 0.05) is 13.1 Å². The van der Waals surface area contributed by atoms with Gasteiger partial charge in [-0.25, -0.2) is 9.18 Å². The van der Waals surface area contributed by atoms with E-state index in [1.165, 1.54) is 0 Å². The third-order valence-electron chi connectivity index (χ3n) is 4.62. The van der Waals surface area contributed by atoms with Crippen LogP contribution in [0.3, 0.4) is 0 Å². The Hall–Kier alpha value is -2.76. The van der Waals surface area contributed by atoms with Crippen LogP contribution in [0.4, 0.5) is 14.2 Å². The van der Waals surface area contributed by atoms with Crippen LogP contribution in [0.5, 0.6) is 5.88 Å². The van der Waals surface area contributed by atoms with Crippen molar-refractivity contribution in [2.75, 3.05) is 31.5 Å².